The lowest BCUT2D eigenvalue weighted by Crippen LogP contribution is -2.04. The van der Waals surface area contributed by atoms with Crippen LogP contribution in [0.1, 0.15) is 5.56 Å². The van der Waals surface area contributed by atoms with Crippen molar-refractivity contribution in [2.45, 2.75) is 6.18 Å². The molecule has 118 valence electrons. The molecule has 0 amide bonds. The number of benzene rings is 2. The summed E-state index contributed by atoms with van der Waals surface area (Å²) in [5.74, 6) is -0.371. The van der Waals surface area contributed by atoms with Gasteiger partial charge in [-0.25, -0.2) is 9.97 Å². The maximum absolute atomic E-state index is 12.5. The molecule has 3 N–H and O–H groups in total. The van der Waals surface area contributed by atoms with Crippen LogP contribution in [0.15, 0.2) is 42.7 Å². The van der Waals surface area contributed by atoms with E-state index < -0.39 is 11.7 Å². The van der Waals surface area contributed by atoms with Crippen LogP contribution < -0.4 is 5.32 Å². The molecule has 0 fully saturated rings. The topological polar surface area (TPSA) is 78.3 Å². The molecule has 1 heterocycles. The van der Waals surface area contributed by atoms with E-state index >= 15 is 0 Å². The molecule has 0 spiro atoms. The molecule has 2 aromatic carbocycles. The average molecular weight is 321 g/mol. The number of phenols is 2. The number of hydrogen-bond acceptors (Lipinski definition) is 5. The quantitative estimate of drug-likeness (QED) is 0.626. The zero-order chi connectivity index (χ0) is 16.6. The van der Waals surface area contributed by atoms with Crippen molar-refractivity contribution in [1.29, 1.82) is 0 Å². The number of aromatic nitrogens is 2. The average Bonchev–Trinajstić information content (AvgIpc) is 2.49. The Morgan fingerprint density at radius 3 is 2.22 bits per heavy atom. The third-order valence-electron chi connectivity index (χ3n) is 3.21. The largest absolute Gasteiger partial charge is 0.504 e. The first-order chi connectivity index (χ1) is 10.8. The number of aromatic hydroxyl groups is 2. The summed E-state index contributed by atoms with van der Waals surface area (Å²) in [5.41, 5.74) is 0.0217. The second-order valence-electron chi connectivity index (χ2n) is 4.78. The fourth-order valence-corrected chi connectivity index (χ4v) is 2.06. The van der Waals surface area contributed by atoms with Crippen LogP contribution in [-0.2, 0) is 6.18 Å². The fourth-order valence-electron chi connectivity index (χ4n) is 2.06. The summed E-state index contributed by atoms with van der Waals surface area (Å²) in [6.07, 6.45) is -3.16. The molecule has 23 heavy (non-hydrogen) atoms. The first-order valence-corrected chi connectivity index (χ1v) is 6.45. The van der Waals surface area contributed by atoms with Gasteiger partial charge in [0.1, 0.15) is 12.1 Å². The van der Waals surface area contributed by atoms with Gasteiger partial charge in [-0.15, -0.1) is 0 Å². The smallest absolute Gasteiger partial charge is 0.416 e. The number of rotatable bonds is 2. The van der Waals surface area contributed by atoms with E-state index in [1.807, 2.05) is 0 Å². The minimum atomic E-state index is -4.40. The highest BCUT2D eigenvalue weighted by molar-refractivity contribution is 5.92. The summed E-state index contributed by atoms with van der Waals surface area (Å²) in [6, 6.07) is 7.00. The van der Waals surface area contributed by atoms with Gasteiger partial charge in [0.15, 0.2) is 11.5 Å². The van der Waals surface area contributed by atoms with Gasteiger partial charge in [-0.2, -0.15) is 13.2 Å². The highest BCUT2D eigenvalue weighted by atomic mass is 19.4. The molecule has 1 aromatic heterocycles. The number of fused-ring (bicyclic) bond motifs is 1. The Bertz CT molecular complexity index is 864. The van der Waals surface area contributed by atoms with Crippen LogP contribution in [0.2, 0.25) is 0 Å². The van der Waals surface area contributed by atoms with Crippen molar-refractivity contribution < 1.29 is 23.4 Å². The normalized spacial score (nSPS) is 11.6. The molecule has 0 radical (unpaired) electrons. The maximum atomic E-state index is 12.5. The van der Waals surface area contributed by atoms with Crippen LogP contribution in [0.5, 0.6) is 11.5 Å². The highest BCUT2D eigenvalue weighted by Gasteiger charge is 2.29. The summed E-state index contributed by atoms with van der Waals surface area (Å²) in [6.45, 7) is 0. The van der Waals surface area contributed by atoms with Gasteiger partial charge in [-0.05, 0) is 30.3 Å². The number of hydrogen-bond donors (Lipinski definition) is 3. The summed E-state index contributed by atoms with van der Waals surface area (Å²) >= 11 is 0. The van der Waals surface area contributed by atoms with Gasteiger partial charge >= 0.3 is 6.18 Å². The molecule has 5 nitrogen and oxygen atoms in total. The van der Waals surface area contributed by atoms with Crippen molar-refractivity contribution in [3.05, 3.63) is 48.3 Å². The van der Waals surface area contributed by atoms with E-state index in [1.54, 1.807) is 0 Å². The molecular formula is C15H10F3N3O2. The van der Waals surface area contributed by atoms with Crippen LogP contribution in [0, 0.1) is 0 Å². The summed E-state index contributed by atoms with van der Waals surface area (Å²) in [7, 11) is 0. The lowest BCUT2D eigenvalue weighted by molar-refractivity contribution is -0.137. The van der Waals surface area contributed by atoms with E-state index in [-0.39, 0.29) is 11.5 Å². The number of nitrogens with zero attached hydrogens (tertiary/aromatic N) is 2. The standard InChI is InChI=1S/C15H10F3N3O2/c16-15(17,18)8-1-3-9(4-2-8)21-14-10-5-12(22)13(23)6-11(10)19-7-20-14/h1-7,22-23H,(H,19,20,21). The van der Waals surface area contributed by atoms with Crippen molar-refractivity contribution in [1.82, 2.24) is 9.97 Å². The molecule has 3 aromatic rings. The van der Waals surface area contributed by atoms with Crippen LogP contribution in [-0.4, -0.2) is 20.2 Å². The number of anilines is 2. The van der Waals surface area contributed by atoms with Crippen LogP contribution in [0.3, 0.4) is 0 Å². The second-order valence-corrected chi connectivity index (χ2v) is 4.78. The van der Waals surface area contributed by atoms with Crippen molar-refractivity contribution in [2.24, 2.45) is 0 Å². The van der Waals surface area contributed by atoms with Crippen molar-refractivity contribution in [2.75, 3.05) is 5.32 Å². The molecule has 3 rings (SSSR count). The monoisotopic (exact) mass is 321 g/mol. The van der Waals surface area contributed by atoms with E-state index in [9.17, 15) is 23.4 Å². The molecule has 0 aliphatic rings. The van der Waals surface area contributed by atoms with Crippen LogP contribution >= 0.6 is 0 Å². The van der Waals surface area contributed by atoms with Crippen LogP contribution in [0.4, 0.5) is 24.7 Å². The van der Waals surface area contributed by atoms with E-state index in [0.29, 0.717) is 22.4 Å². The van der Waals surface area contributed by atoms with Crippen molar-refractivity contribution in [3.63, 3.8) is 0 Å². The number of phenolic OH excluding ortho intramolecular Hbond substituents is 2. The number of alkyl halides is 3. The minimum Gasteiger partial charge on any atom is -0.504 e. The number of nitrogens with one attached hydrogen (secondary N) is 1. The van der Waals surface area contributed by atoms with E-state index in [1.165, 1.54) is 30.6 Å². The van der Waals surface area contributed by atoms with Gasteiger partial charge < -0.3 is 15.5 Å². The third-order valence-corrected chi connectivity index (χ3v) is 3.21. The Labute approximate surface area is 128 Å². The first kappa shape index (κ1) is 14.9. The molecule has 0 unspecified atom stereocenters. The minimum absolute atomic E-state index is 0.296. The fraction of sp³-hybridized carbons (Fsp3) is 0.0667. The molecule has 0 bridgehead atoms. The van der Waals surface area contributed by atoms with Crippen LogP contribution in [0.25, 0.3) is 10.9 Å². The maximum Gasteiger partial charge on any atom is 0.416 e. The van der Waals surface area contributed by atoms with Gasteiger partial charge in [-0.3, -0.25) is 0 Å². The third kappa shape index (κ3) is 2.96. The zero-order valence-corrected chi connectivity index (χ0v) is 11.5. The first-order valence-electron chi connectivity index (χ1n) is 6.45. The van der Waals surface area contributed by atoms with Crippen molar-refractivity contribution >= 4 is 22.4 Å². The SMILES string of the molecule is Oc1cc2ncnc(Nc3ccc(C(F)(F)F)cc3)c2cc1O. The zero-order valence-electron chi connectivity index (χ0n) is 11.5. The predicted octanol–water partition coefficient (Wildman–Crippen LogP) is 3.80. The second kappa shape index (κ2) is 5.31. The van der Waals surface area contributed by atoms with Gasteiger partial charge in [0.25, 0.3) is 0 Å². The molecule has 0 saturated carbocycles. The highest BCUT2D eigenvalue weighted by Crippen LogP contribution is 2.34. The summed E-state index contributed by atoms with van der Waals surface area (Å²) < 4.78 is 37.6. The Hall–Kier alpha value is -3.03. The Morgan fingerprint density at radius 1 is 0.913 bits per heavy atom. The van der Waals surface area contributed by atoms with Gasteiger partial charge in [0.05, 0.1) is 11.1 Å². The van der Waals surface area contributed by atoms with E-state index in [4.69, 9.17) is 0 Å². The molecule has 0 atom stereocenters. The van der Waals surface area contributed by atoms with Crippen molar-refractivity contribution in [3.8, 4) is 11.5 Å². The molecular weight excluding hydrogens is 311 g/mol. The van der Waals surface area contributed by atoms with E-state index in [0.717, 1.165) is 12.1 Å². The molecule has 0 saturated heterocycles. The molecule has 0 aliphatic heterocycles. The Balaban J connectivity index is 1.97. The Morgan fingerprint density at radius 2 is 1.57 bits per heavy atom. The van der Waals surface area contributed by atoms with Gasteiger partial charge in [0.2, 0.25) is 0 Å². The molecule has 8 heteroatoms. The summed E-state index contributed by atoms with van der Waals surface area (Å²) in [5, 5.41) is 22.3. The molecule has 0 aliphatic carbocycles. The van der Waals surface area contributed by atoms with Gasteiger partial charge in [0, 0.05) is 17.1 Å². The van der Waals surface area contributed by atoms with Gasteiger partial charge in [-0.1, -0.05) is 0 Å². The number of halogens is 3. The lowest BCUT2D eigenvalue weighted by Gasteiger charge is -2.11. The predicted molar refractivity (Wildman–Crippen MR) is 77.6 cm³/mol. The lowest BCUT2D eigenvalue weighted by atomic mass is 10.2. The Kier molecular flexibility index (Phi) is 3.44. The summed E-state index contributed by atoms with van der Waals surface area (Å²) in [4.78, 5) is 7.97. The van der Waals surface area contributed by atoms with E-state index in [2.05, 4.69) is 15.3 Å².